The Morgan fingerprint density at radius 2 is 2.33 bits per heavy atom. The fourth-order valence-electron chi connectivity index (χ4n) is 2.03. The zero-order valence-electron chi connectivity index (χ0n) is 9.49. The zero-order chi connectivity index (χ0) is 12.5. The minimum atomic E-state index is -0.992. The number of piperidine rings is 1. The molecule has 0 saturated carbocycles. The summed E-state index contributed by atoms with van der Waals surface area (Å²) in [4.78, 5) is 11.0. The van der Waals surface area contributed by atoms with E-state index in [0.717, 1.165) is 0 Å². The van der Waals surface area contributed by atoms with Crippen molar-refractivity contribution in [2.45, 2.75) is 18.7 Å². The van der Waals surface area contributed by atoms with Crippen molar-refractivity contribution in [3.05, 3.63) is 17.5 Å². The summed E-state index contributed by atoms with van der Waals surface area (Å²) in [5.74, 6) is 0.322. The zero-order valence-corrected chi connectivity index (χ0v) is 10.2. The Labute approximate surface area is 108 Å². The summed E-state index contributed by atoms with van der Waals surface area (Å²) < 4.78 is 19.3. The quantitative estimate of drug-likeness (QED) is 0.815. The fourth-order valence-corrected chi connectivity index (χ4v) is 2.20. The van der Waals surface area contributed by atoms with Crippen LogP contribution in [0.3, 0.4) is 0 Å². The molecule has 2 aromatic heterocycles. The van der Waals surface area contributed by atoms with E-state index in [9.17, 15) is 4.39 Å². The molecule has 96 valence electrons. The largest absolute Gasteiger partial charge is 0.469 e. The highest BCUT2D eigenvalue weighted by Gasteiger charge is 2.27. The molecule has 1 aliphatic heterocycles. The molecule has 1 fully saturated rings. The van der Waals surface area contributed by atoms with Gasteiger partial charge in [-0.2, -0.15) is 9.97 Å². The van der Waals surface area contributed by atoms with Crippen molar-refractivity contribution in [1.29, 1.82) is 0 Å². The van der Waals surface area contributed by atoms with Crippen LogP contribution < -0.4 is 10.1 Å². The number of rotatable bonds is 2. The van der Waals surface area contributed by atoms with Gasteiger partial charge in [0.25, 0.3) is 0 Å². The van der Waals surface area contributed by atoms with Crippen LogP contribution in [0.2, 0.25) is 5.28 Å². The fraction of sp³-hybridized carbons (Fsp3) is 0.455. The average Bonchev–Trinajstić information content (AvgIpc) is 2.80. The van der Waals surface area contributed by atoms with Gasteiger partial charge in [0.2, 0.25) is 11.2 Å². The Morgan fingerprint density at radius 3 is 3.17 bits per heavy atom. The molecule has 5 nitrogen and oxygen atoms in total. The van der Waals surface area contributed by atoms with Gasteiger partial charge in [0.15, 0.2) is 0 Å². The Kier molecular flexibility index (Phi) is 3.05. The van der Waals surface area contributed by atoms with E-state index in [1.54, 1.807) is 12.3 Å². The van der Waals surface area contributed by atoms with E-state index in [1.807, 2.05) is 0 Å². The summed E-state index contributed by atoms with van der Waals surface area (Å²) >= 11 is 5.80. The summed E-state index contributed by atoms with van der Waals surface area (Å²) in [6, 6.07) is 1.78. The molecule has 0 amide bonds. The highest BCUT2D eigenvalue weighted by molar-refractivity contribution is 6.28. The Bertz CT molecular complexity index is 561. The maximum absolute atomic E-state index is 13.7. The first kappa shape index (κ1) is 11.7. The number of ether oxygens (including phenoxy) is 1. The molecule has 0 aliphatic carbocycles. The highest BCUT2D eigenvalue weighted by Crippen LogP contribution is 2.25. The number of hydrogen-bond donors (Lipinski definition) is 2. The highest BCUT2D eigenvalue weighted by atomic mass is 35.5. The molecule has 2 aromatic rings. The van der Waals surface area contributed by atoms with Crippen LogP contribution in [0.15, 0.2) is 12.3 Å². The molecule has 2 atom stereocenters. The van der Waals surface area contributed by atoms with Crippen LogP contribution in [-0.4, -0.2) is 40.3 Å². The van der Waals surface area contributed by atoms with Crippen molar-refractivity contribution < 1.29 is 9.13 Å². The number of halogens is 2. The van der Waals surface area contributed by atoms with Crippen molar-refractivity contribution in [2.75, 3.05) is 13.1 Å². The van der Waals surface area contributed by atoms with Crippen LogP contribution in [0, 0.1) is 0 Å². The summed E-state index contributed by atoms with van der Waals surface area (Å²) in [5.41, 5.74) is 0.587. The Morgan fingerprint density at radius 1 is 1.44 bits per heavy atom. The first-order chi connectivity index (χ1) is 8.74. The lowest BCUT2D eigenvalue weighted by Gasteiger charge is -2.27. The monoisotopic (exact) mass is 270 g/mol. The van der Waals surface area contributed by atoms with Gasteiger partial charge in [-0.3, -0.25) is 0 Å². The van der Waals surface area contributed by atoms with Crippen LogP contribution in [-0.2, 0) is 0 Å². The van der Waals surface area contributed by atoms with Gasteiger partial charge in [-0.1, -0.05) is 0 Å². The second-order valence-electron chi connectivity index (χ2n) is 4.20. The molecule has 0 bridgehead atoms. The second-order valence-corrected chi connectivity index (χ2v) is 4.54. The third-order valence-electron chi connectivity index (χ3n) is 2.96. The lowest BCUT2D eigenvalue weighted by atomic mass is 10.1. The van der Waals surface area contributed by atoms with Gasteiger partial charge >= 0.3 is 0 Å². The predicted octanol–water partition coefficient (Wildman–Crippen LogP) is 1.69. The molecule has 1 saturated heterocycles. The van der Waals surface area contributed by atoms with E-state index in [-0.39, 0.29) is 5.28 Å². The summed E-state index contributed by atoms with van der Waals surface area (Å²) in [7, 11) is 0. The number of H-pyrrole nitrogens is 1. The average molecular weight is 271 g/mol. The van der Waals surface area contributed by atoms with Gasteiger partial charge in [-0.15, -0.1) is 0 Å². The van der Waals surface area contributed by atoms with Crippen molar-refractivity contribution in [1.82, 2.24) is 20.3 Å². The van der Waals surface area contributed by atoms with E-state index >= 15 is 0 Å². The molecule has 0 aromatic carbocycles. The minimum absolute atomic E-state index is 0.0825. The Balaban J connectivity index is 1.91. The molecule has 3 rings (SSSR count). The van der Waals surface area contributed by atoms with Crippen LogP contribution in [0.1, 0.15) is 6.42 Å². The van der Waals surface area contributed by atoms with Crippen molar-refractivity contribution in [3.8, 4) is 5.88 Å². The molecule has 18 heavy (non-hydrogen) atoms. The summed E-state index contributed by atoms with van der Waals surface area (Å²) in [5, 5.41) is 3.88. The van der Waals surface area contributed by atoms with Crippen molar-refractivity contribution in [2.24, 2.45) is 0 Å². The van der Waals surface area contributed by atoms with Gasteiger partial charge in [-0.25, -0.2) is 4.39 Å². The number of aromatic amines is 1. The molecular formula is C11H12ClFN4O. The van der Waals surface area contributed by atoms with Gasteiger partial charge in [0.1, 0.15) is 17.9 Å². The molecular weight excluding hydrogens is 259 g/mol. The van der Waals surface area contributed by atoms with Crippen molar-refractivity contribution in [3.63, 3.8) is 0 Å². The van der Waals surface area contributed by atoms with Crippen molar-refractivity contribution >= 4 is 22.6 Å². The van der Waals surface area contributed by atoms with E-state index in [2.05, 4.69) is 20.3 Å². The van der Waals surface area contributed by atoms with Gasteiger partial charge in [0.05, 0.1) is 5.39 Å². The first-order valence-corrected chi connectivity index (χ1v) is 6.14. The van der Waals surface area contributed by atoms with E-state index < -0.39 is 12.3 Å². The molecule has 2 N–H and O–H groups in total. The first-order valence-electron chi connectivity index (χ1n) is 5.76. The molecule has 0 spiro atoms. The van der Waals surface area contributed by atoms with E-state index in [0.29, 0.717) is 36.4 Å². The molecule has 1 aliphatic rings. The lowest BCUT2D eigenvalue weighted by molar-refractivity contribution is 0.0721. The minimum Gasteiger partial charge on any atom is -0.469 e. The summed E-state index contributed by atoms with van der Waals surface area (Å²) in [6.07, 6.45) is 0.630. The number of nitrogens with one attached hydrogen (secondary N) is 2. The smallest absolute Gasteiger partial charge is 0.227 e. The number of aromatic nitrogens is 3. The van der Waals surface area contributed by atoms with E-state index in [1.165, 1.54) is 0 Å². The van der Waals surface area contributed by atoms with Gasteiger partial charge < -0.3 is 15.0 Å². The van der Waals surface area contributed by atoms with Crippen LogP contribution >= 0.6 is 11.6 Å². The number of hydrogen-bond acceptors (Lipinski definition) is 4. The van der Waals surface area contributed by atoms with Gasteiger partial charge in [0, 0.05) is 12.7 Å². The van der Waals surface area contributed by atoms with Crippen LogP contribution in [0.5, 0.6) is 5.88 Å². The third-order valence-corrected chi connectivity index (χ3v) is 3.13. The number of alkyl halides is 1. The number of fused-ring (bicyclic) bond motifs is 1. The number of nitrogens with zero attached hydrogens (tertiary/aromatic N) is 2. The molecule has 0 unspecified atom stereocenters. The maximum Gasteiger partial charge on any atom is 0.227 e. The molecule has 3 heterocycles. The Hall–Kier alpha value is -1.40. The standard InChI is InChI=1S/C11H12ClFN4O/c12-11-16-9-6(1-4-15-9)10(17-11)18-8-5-14-3-2-7(8)13/h1,4,7-8,14H,2-3,5H2,(H,15,16,17)/t7-,8-/m1/s1. The SMILES string of the molecule is F[C@@H]1CCNC[C@H]1Oc1nc(Cl)nc2[nH]ccc12. The third kappa shape index (κ3) is 2.13. The van der Waals surface area contributed by atoms with Crippen LogP contribution in [0.25, 0.3) is 11.0 Å². The topological polar surface area (TPSA) is 62.8 Å². The van der Waals surface area contributed by atoms with Crippen LogP contribution in [0.4, 0.5) is 4.39 Å². The second kappa shape index (κ2) is 4.70. The van der Waals surface area contributed by atoms with Gasteiger partial charge in [-0.05, 0) is 30.6 Å². The van der Waals surface area contributed by atoms with E-state index in [4.69, 9.17) is 16.3 Å². The molecule has 0 radical (unpaired) electrons. The lowest BCUT2D eigenvalue weighted by Crippen LogP contribution is -2.45. The maximum atomic E-state index is 13.7. The normalized spacial score (nSPS) is 24.3. The predicted molar refractivity (Wildman–Crippen MR) is 65.7 cm³/mol. The summed E-state index contributed by atoms with van der Waals surface area (Å²) in [6.45, 7) is 1.14. The molecule has 7 heteroatoms.